The van der Waals surface area contributed by atoms with E-state index in [1.807, 2.05) is 6.92 Å². The number of nitrogens with one attached hydrogen (secondary N) is 2. The molecule has 5 heteroatoms. The van der Waals surface area contributed by atoms with E-state index in [0.29, 0.717) is 18.1 Å². The monoisotopic (exact) mass is 224 g/mol. The number of rotatable bonds is 2. The third kappa shape index (κ3) is 6.64. The molecule has 0 atom stereocenters. The lowest BCUT2D eigenvalue weighted by molar-refractivity contribution is 0.252. The number of urea groups is 1. The molecule has 90 valence electrons. The van der Waals surface area contributed by atoms with E-state index in [-0.39, 0.29) is 6.03 Å². The molecule has 0 bridgehead atoms. The zero-order chi connectivity index (χ0) is 12.4. The van der Waals surface area contributed by atoms with Crippen molar-refractivity contribution in [2.24, 2.45) is 0 Å². The van der Waals surface area contributed by atoms with Crippen molar-refractivity contribution in [3.63, 3.8) is 0 Å². The van der Waals surface area contributed by atoms with Gasteiger partial charge in [0.25, 0.3) is 0 Å². The second kappa shape index (κ2) is 8.52. The van der Waals surface area contributed by atoms with Gasteiger partial charge in [-0.25, -0.2) is 9.78 Å². The van der Waals surface area contributed by atoms with E-state index in [4.69, 9.17) is 5.73 Å². The summed E-state index contributed by atoms with van der Waals surface area (Å²) in [4.78, 5) is 14.9. The summed E-state index contributed by atoms with van der Waals surface area (Å²) < 4.78 is 0. The number of nitrogen functional groups attached to an aromatic ring is 1. The average Bonchev–Trinajstić information content (AvgIpc) is 2.23. The van der Waals surface area contributed by atoms with Crippen molar-refractivity contribution in [1.29, 1.82) is 0 Å². The van der Waals surface area contributed by atoms with Crippen LogP contribution in [0.2, 0.25) is 0 Å². The molecule has 16 heavy (non-hydrogen) atoms. The van der Waals surface area contributed by atoms with Crippen molar-refractivity contribution in [2.75, 3.05) is 17.6 Å². The second-order valence-electron chi connectivity index (χ2n) is 3.17. The first-order valence-corrected chi connectivity index (χ1v) is 5.40. The van der Waals surface area contributed by atoms with Crippen molar-refractivity contribution in [3.8, 4) is 0 Å². The summed E-state index contributed by atoms with van der Waals surface area (Å²) in [6.45, 7) is 6.68. The van der Waals surface area contributed by atoms with Crippen LogP contribution in [0.1, 0.15) is 27.2 Å². The van der Waals surface area contributed by atoms with E-state index >= 15 is 0 Å². The SMILES string of the molecule is CCC.CCNC(=O)Nc1ccc(N)cn1. The summed E-state index contributed by atoms with van der Waals surface area (Å²) in [5, 5.41) is 5.14. The molecule has 1 heterocycles. The number of hydrogen-bond donors (Lipinski definition) is 3. The molecule has 0 spiro atoms. The van der Waals surface area contributed by atoms with Gasteiger partial charge >= 0.3 is 6.03 Å². The summed E-state index contributed by atoms with van der Waals surface area (Å²) in [6.07, 6.45) is 2.74. The Hall–Kier alpha value is -1.78. The molecule has 1 aromatic heterocycles. The van der Waals surface area contributed by atoms with Gasteiger partial charge in [0.05, 0.1) is 11.9 Å². The molecule has 4 N–H and O–H groups in total. The van der Waals surface area contributed by atoms with Crippen molar-refractivity contribution < 1.29 is 4.79 Å². The van der Waals surface area contributed by atoms with E-state index in [2.05, 4.69) is 29.5 Å². The number of carbonyl (C=O) groups is 1. The maximum absolute atomic E-state index is 11.0. The predicted molar refractivity (Wildman–Crippen MR) is 67.3 cm³/mol. The molecule has 1 rings (SSSR count). The van der Waals surface area contributed by atoms with Gasteiger partial charge in [0, 0.05) is 6.54 Å². The summed E-state index contributed by atoms with van der Waals surface area (Å²) in [7, 11) is 0. The third-order valence-electron chi connectivity index (χ3n) is 1.37. The minimum atomic E-state index is -0.264. The lowest BCUT2D eigenvalue weighted by Gasteiger charge is -2.04. The van der Waals surface area contributed by atoms with Crippen LogP contribution in [0.3, 0.4) is 0 Å². The number of amides is 2. The van der Waals surface area contributed by atoms with Gasteiger partial charge in [-0.1, -0.05) is 20.3 Å². The molecule has 0 aliphatic rings. The fourth-order valence-corrected chi connectivity index (χ4v) is 0.800. The van der Waals surface area contributed by atoms with Crippen LogP contribution < -0.4 is 16.4 Å². The average molecular weight is 224 g/mol. The Morgan fingerprint density at radius 1 is 1.38 bits per heavy atom. The highest BCUT2D eigenvalue weighted by molar-refractivity contribution is 5.88. The van der Waals surface area contributed by atoms with Crippen LogP contribution in [0.4, 0.5) is 16.3 Å². The maximum atomic E-state index is 11.0. The zero-order valence-corrected chi connectivity index (χ0v) is 10.1. The first kappa shape index (κ1) is 14.2. The molecule has 5 nitrogen and oxygen atoms in total. The topological polar surface area (TPSA) is 80.0 Å². The molecule has 0 radical (unpaired) electrons. The van der Waals surface area contributed by atoms with Gasteiger partial charge in [0.1, 0.15) is 5.82 Å². The minimum absolute atomic E-state index is 0.264. The predicted octanol–water partition coefficient (Wildman–Crippen LogP) is 2.22. The van der Waals surface area contributed by atoms with Crippen LogP contribution in [-0.4, -0.2) is 17.6 Å². The van der Waals surface area contributed by atoms with Crippen LogP contribution in [0.15, 0.2) is 18.3 Å². The second-order valence-corrected chi connectivity index (χ2v) is 3.17. The summed E-state index contributed by atoms with van der Waals surface area (Å²) in [6, 6.07) is 3.05. The van der Waals surface area contributed by atoms with Crippen molar-refractivity contribution in [3.05, 3.63) is 18.3 Å². The summed E-state index contributed by atoms with van der Waals surface area (Å²) in [5.74, 6) is 0.486. The van der Waals surface area contributed by atoms with Crippen LogP contribution >= 0.6 is 0 Å². The first-order valence-electron chi connectivity index (χ1n) is 5.40. The summed E-state index contributed by atoms with van der Waals surface area (Å²) in [5.41, 5.74) is 6.00. The molecule has 0 aliphatic heterocycles. The lowest BCUT2D eigenvalue weighted by atomic mass is 10.4. The number of nitrogens with two attached hydrogens (primary N) is 1. The molecule has 0 aromatic carbocycles. The smallest absolute Gasteiger partial charge is 0.320 e. The molecule has 2 amide bonds. The van der Waals surface area contributed by atoms with Gasteiger partial charge in [-0.15, -0.1) is 0 Å². The Kier molecular flexibility index (Phi) is 7.57. The molecule has 0 unspecified atom stereocenters. The van der Waals surface area contributed by atoms with E-state index in [1.165, 1.54) is 12.6 Å². The van der Waals surface area contributed by atoms with E-state index < -0.39 is 0 Å². The number of carbonyl (C=O) groups excluding carboxylic acids is 1. The Balaban J connectivity index is 0.000000673. The Labute approximate surface area is 96.4 Å². The highest BCUT2D eigenvalue weighted by atomic mass is 16.2. The van der Waals surface area contributed by atoms with Gasteiger partial charge < -0.3 is 11.1 Å². The van der Waals surface area contributed by atoms with Gasteiger partial charge in [0.15, 0.2) is 0 Å². The van der Waals surface area contributed by atoms with E-state index in [9.17, 15) is 4.79 Å². The zero-order valence-electron chi connectivity index (χ0n) is 10.1. The maximum Gasteiger partial charge on any atom is 0.320 e. The van der Waals surface area contributed by atoms with E-state index in [0.717, 1.165) is 0 Å². The number of hydrogen-bond acceptors (Lipinski definition) is 3. The number of aromatic nitrogens is 1. The highest BCUT2D eigenvalue weighted by Gasteiger charge is 1.99. The standard InChI is InChI=1S/C8H12N4O.C3H8/c1-2-10-8(13)12-7-4-3-6(9)5-11-7;1-3-2/h3-5H,2,9H2,1H3,(H2,10,11,12,13);3H2,1-2H3. The number of anilines is 2. The molecule has 0 saturated heterocycles. The van der Waals surface area contributed by atoms with Crippen molar-refractivity contribution >= 4 is 17.5 Å². The lowest BCUT2D eigenvalue weighted by Crippen LogP contribution is -2.28. The third-order valence-corrected chi connectivity index (χ3v) is 1.37. The summed E-state index contributed by atoms with van der Waals surface area (Å²) >= 11 is 0. The van der Waals surface area contributed by atoms with Crippen molar-refractivity contribution in [1.82, 2.24) is 10.3 Å². The number of pyridine rings is 1. The minimum Gasteiger partial charge on any atom is -0.397 e. The van der Waals surface area contributed by atoms with Gasteiger partial charge in [-0.2, -0.15) is 0 Å². The first-order chi connectivity index (χ1) is 7.63. The molecule has 0 fully saturated rings. The van der Waals surface area contributed by atoms with Gasteiger partial charge in [-0.05, 0) is 19.1 Å². The van der Waals surface area contributed by atoms with Gasteiger partial charge in [0.2, 0.25) is 0 Å². The van der Waals surface area contributed by atoms with Crippen LogP contribution in [0, 0.1) is 0 Å². The van der Waals surface area contributed by atoms with Crippen LogP contribution in [0.5, 0.6) is 0 Å². The van der Waals surface area contributed by atoms with Gasteiger partial charge in [-0.3, -0.25) is 5.32 Å². The number of nitrogens with zero attached hydrogens (tertiary/aromatic N) is 1. The van der Waals surface area contributed by atoms with Crippen LogP contribution in [0.25, 0.3) is 0 Å². The molecule has 1 aromatic rings. The van der Waals surface area contributed by atoms with Crippen molar-refractivity contribution in [2.45, 2.75) is 27.2 Å². The Bertz CT molecular complexity index is 297. The normalized spacial score (nSPS) is 8.69. The van der Waals surface area contributed by atoms with Crippen LogP contribution in [-0.2, 0) is 0 Å². The van der Waals surface area contributed by atoms with E-state index in [1.54, 1.807) is 12.1 Å². The largest absolute Gasteiger partial charge is 0.397 e. The highest BCUT2D eigenvalue weighted by Crippen LogP contribution is 2.04. The molecule has 0 aliphatic carbocycles. The molecule has 0 saturated carbocycles. The fourth-order valence-electron chi connectivity index (χ4n) is 0.800. The molecular weight excluding hydrogens is 204 g/mol. The fraction of sp³-hybridized carbons (Fsp3) is 0.455. The quantitative estimate of drug-likeness (QED) is 0.720. The molecular formula is C11H20N4O. The Morgan fingerprint density at radius 2 is 2.00 bits per heavy atom. The Morgan fingerprint density at radius 3 is 2.44 bits per heavy atom.